The van der Waals surface area contributed by atoms with E-state index in [0.29, 0.717) is 16.4 Å². The van der Waals surface area contributed by atoms with Crippen molar-refractivity contribution in [3.8, 4) is 5.75 Å². The highest BCUT2D eigenvalue weighted by Crippen LogP contribution is 2.40. The molecule has 0 spiro atoms. The number of aromatic hydroxyl groups is 1. The number of hydrogen-bond acceptors (Lipinski definition) is 5. The first kappa shape index (κ1) is 22.2. The van der Waals surface area contributed by atoms with Crippen molar-refractivity contribution in [1.29, 1.82) is 0 Å². The Balaban J connectivity index is 2.47. The van der Waals surface area contributed by atoms with E-state index in [1.165, 1.54) is 17.8 Å². The number of carbonyl (C=O) groups is 1. The summed E-state index contributed by atoms with van der Waals surface area (Å²) in [6.45, 7) is 15.6. The Hall–Kier alpha value is -2.08. The van der Waals surface area contributed by atoms with E-state index in [9.17, 15) is 14.7 Å². The van der Waals surface area contributed by atoms with E-state index in [4.69, 9.17) is 0 Å². The summed E-state index contributed by atoms with van der Waals surface area (Å²) < 4.78 is 0. The van der Waals surface area contributed by atoms with Gasteiger partial charge in [0, 0.05) is 28.5 Å². The number of rotatable bonds is 4. The highest BCUT2D eigenvalue weighted by Gasteiger charge is 2.29. The van der Waals surface area contributed by atoms with Gasteiger partial charge in [-0.25, -0.2) is 4.98 Å². The molecule has 0 fully saturated rings. The van der Waals surface area contributed by atoms with Crippen LogP contribution in [0.25, 0.3) is 0 Å². The molecule has 0 bridgehead atoms. The predicted molar refractivity (Wildman–Crippen MR) is 115 cm³/mol. The summed E-state index contributed by atoms with van der Waals surface area (Å²) in [4.78, 5) is 31.8. The number of phenols is 1. The molecule has 0 saturated heterocycles. The lowest BCUT2D eigenvalue weighted by Gasteiger charge is -2.28. The van der Waals surface area contributed by atoms with E-state index in [1.54, 1.807) is 26.0 Å². The predicted octanol–water partition coefficient (Wildman–Crippen LogP) is 4.74. The average Bonchev–Trinajstić information content (AvgIpc) is 2.51. The summed E-state index contributed by atoms with van der Waals surface area (Å²) in [5.41, 5.74) is 1.83. The van der Waals surface area contributed by atoms with Crippen LogP contribution in [-0.4, -0.2) is 26.1 Å². The van der Waals surface area contributed by atoms with Gasteiger partial charge in [0.25, 0.3) is 5.56 Å². The molecule has 0 aliphatic rings. The van der Waals surface area contributed by atoms with Gasteiger partial charge in [-0.2, -0.15) is 0 Å². The Morgan fingerprint density at radius 3 is 2.00 bits per heavy atom. The Morgan fingerprint density at radius 2 is 1.57 bits per heavy atom. The largest absolute Gasteiger partial charge is 0.507 e. The lowest BCUT2D eigenvalue weighted by atomic mass is 9.78. The molecule has 6 heteroatoms. The summed E-state index contributed by atoms with van der Waals surface area (Å²) in [7, 11) is 0. The number of hydrogen-bond donors (Lipinski definition) is 2. The first-order valence-corrected chi connectivity index (χ1v) is 10.2. The number of thioether (sulfide) groups is 1. The summed E-state index contributed by atoms with van der Waals surface area (Å²) in [5, 5.41) is 10.8. The molecule has 0 radical (unpaired) electrons. The normalized spacial score (nSPS) is 13.4. The number of aryl methyl sites for hydroxylation is 1. The van der Waals surface area contributed by atoms with Crippen LogP contribution in [0.4, 0.5) is 0 Å². The number of aromatic amines is 1. The zero-order chi connectivity index (χ0) is 21.4. The molecule has 0 aliphatic carbocycles. The van der Waals surface area contributed by atoms with Crippen molar-refractivity contribution in [2.45, 2.75) is 76.6 Å². The van der Waals surface area contributed by atoms with Gasteiger partial charge in [0.05, 0.1) is 5.25 Å². The fourth-order valence-electron chi connectivity index (χ4n) is 2.98. The van der Waals surface area contributed by atoms with Gasteiger partial charge >= 0.3 is 0 Å². The van der Waals surface area contributed by atoms with Crippen LogP contribution in [0.15, 0.2) is 28.2 Å². The Morgan fingerprint density at radius 1 is 1.07 bits per heavy atom. The fourth-order valence-corrected chi connectivity index (χ4v) is 3.92. The lowest BCUT2D eigenvalue weighted by molar-refractivity contribution is 0.0993. The van der Waals surface area contributed by atoms with E-state index in [-0.39, 0.29) is 27.9 Å². The molecule has 0 aliphatic heterocycles. The van der Waals surface area contributed by atoms with Crippen LogP contribution >= 0.6 is 11.8 Å². The fraction of sp³-hybridized carbons (Fsp3) is 0.500. The number of phenolic OH excluding ortho intramolecular Hbond substituents is 1. The summed E-state index contributed by atoms with van der Waals surface area (Å²) in [6.07, 6.45) is 0. The zero-order valence-corrected chi connectivity index (χ0v) is 18.7. The topological polar surface area (TPSA) is 83.0 Å². The molecule has 2 rings (SSSR count). The molecule has 0 saturated carbocycles. The molecule has 1 aromatic heterocycles. The Kier molecular flexibility index (Phi) is 6.14. The van der Waals surface area contributed by atoms with Gasteiger partial charge in [-0.1, -0.05) is 53.3 Å². The number of benzene rings is 1. The quantitative estimate of drug-likeness (QED) is 0.438. The van der Waals surface area contributed by atoms with E-state index >= 15 is 0 Å². The van der Waals surface area contributed by atoms with Crippen molar-refractivity contribution >= 4 is 17.5 Å². The molecule has 2 N–H and O–H groups in total. The summed E-state index contributed by atoms with van der Waals surface area (Å²) >= 11 is 1.23. The van der Waals surface area contributed by atoms with Crippen LogP contribution < -0.4 is 5.56 Å². The summed E-state index contributed by atoms with van der Waals surface area (Å²) in [6, 6.07) is 4.99. The molecule has 5 nitrogen and oxygen atoms in total. The van der Waals surface area contributed by atoms with Crippen LogP contribution in [0.3, 0.4) is 0 Å². The Labute approximate surface area is 171 Å². The lowest BCUT2D eigenvalue weighted by Crippen LogP contribution is -2.21. The maximum absolute atomic E-state index is 13.2. The highest BCUT2D eigenvalue weighted by atomic mass is 32.2. The van der Waals surface area contributed by atoms with Crippen LogP contribution in [0.5, 0.6) is 5.75 Å². The molecule has 28 heavy (non-hydrogen) atoms. The number of H-pyrrole nitrogens is 1. The van der Waals surface area contributed by atoms with Crippen LogP contribution in [0.1, 0.15) is 75.6 Å². The minimum absolute atomic E-state index is 0.0647. The van der Waals surface area contributed by atoms with Crippen LogP contribution in [-0.2, 0) is 10.8 Å². The molecule has 1 aromatic carbocycles. The van der Waals surface area contributed by atoms with Crippen molar-refractivity contribution < 1.29 is 9.90 Å². The van der Waals surface area contributed by atoms with Gasteiger partial charge < -0.3 is 10.1 Å². The van der Waals surface area contributed by atoms with Crippen molar-refractivity contribution in [2.24, 2.45) is 0 Å². The first-order chi connectivity index (χ1) is 12.7. The van der Waals surface area contributed by atoms with E-state index < -0.39 is 5.25 Å². The number of nitrogens with one attached hydrogen (secondary N) is 1. The second-order valence-electron chi connectivity index (χ2n) is 9.24. The third kappa shape index (κ3) is 5.04. The first-order valence-electron chi connectivity index (χ1n) is 9.37. The second kappa shape index (κ2) is 7.74. The maximum atomic E-state index is 13.2. The molecule has 152 valence electrons. The molecule has 2 aromatic rings. The second-order valence-corrected chi connectivity index (χ2v) is 10.6. The molecular weight excluding hydrogens is 372 g/mol. The number of carbonyl (C=O) groups excluding carboxylic acids is 1. The maximum Gasteiger partial charge on any atom is 0.251 e. The number of nitrogens with zero attached hydrogens (tertiary/aromatic N) is 1. The van der Waals surface area contributed by atoms with Gasteiger partial charge in [0.1, 0.15) is 5.75 Å². The number of ketones is 1. The molecule has 1 atom stereocenters. The molecular formula is C22H30N2O3S. The SMILES string of the molecule is Cc1cc(=O)[nH]c(S[C@H](C)C(=O)c2cc(C(C)(C)C)c(O)c(C(C)(C)C)c2)n1. The third-order valence-electron chi connectivity index (χ3n) is 4.52. The zero-order valence-electron chi connectivity index (χ0n) is 17.9. The van der Waals surface area contributed by atoms with Gasteiger partial charge in [-0.15, -0.1) is 0 Å². The van der Waals surface area contributed by atoms with E-state index in [0.717, 1.165) is 11.1 Å². The smallest absolute Gasteiger partial charge is 0.251 e. The number of Topliss-reactive ketones (excluding diaryl/α,β-unsaturated/α-hetero) is 1. The van der Waals surface area contributed by atoms with Crippen molar-refractivity contribution in [2.75, 3.05) is 0 Å². The van der Waals surface area contributed by atoms with Gasteiger partial charge in [-0.3, -0.25) is 9.59 Å². The minimum atomic E-state index is -0.435. The van der Waals surface area contributed by atoms with Gasteiger partial charge in [0.2, 0.25) is 0 Å². The third-order valence-corrected chi connectivity index (χ3v) is 5.50. The minimum Gasteiger partial charge on any atom is -0.507 e. The summed E-state index contributed by atoms with van der Waals surface area (Å²) in [5.74, 6) is 0.187. The molecule has 0 unspecified atom stereocenters. The standard InChI is InChI=1S/C22H30N2O3S/c1-12-9-17(25)24-20(23-12)28-13(2)18(26)14-10-15(21(3,4)5)19(27)16(11-14)22(6,7)8/h9-11,13,27H,1-8H3,(H,23,24,25)/t13-/m1/s1. The average molecular weight is 403 g/mol. The van der Waals surface area contributed by atoms with Crippen molar-refractivity contribution in [3.63, 3.8) is 0 Å². The highest BCUT2D eigenvalue weighted by molar-refractivity contribution is 8.00. The molecule has 1 heterocycles. The van der Waals surface area contributed by atoms with Crippen molar-refractivity contribution in [3.05, 3.63) is 50.9 Å². The van der Waals surface area contributed by atoms with E-state index in [1.807, 2.05) is 41.5 Å². The van der Waals surface area contributed by atoms with Crippen LogP contribution in [0, 0.1) is 6.92 Å². The van der Waals surface area contributed by atoms with Crippen LogP contribution in [0.2, 0.25) is 0 Å². The molecule has 0 amide bonds. The Bertz CT molecular complexity index is 914. The monoisotopic (exact) mass is 402 g/mol. The number of aromatic nitrogens is 2. The van der Waals surface area contributed by atoms with Gasteiger partial charge in [0.15, 0.2) is 10.9 Å². The van der Waals surface area contributed by atoms with Gasteiger partial charge in [-0.05, 0) is 36.8 Å². The van der Waals surface area contributed by atoms with E-state index in [2.05, 4.69) is 9.97 Å². The van der Waals surface area contributed by atoms with Crippen molar-refractivity contribution in [1.82, 2.24) is 9.97 Å².